The summed E-state index contributed by atoms with van der Waals surface area (Å²) in [5.74, 6) is 0. The lowest BCUT2D eigenvalue weighted by Crippen LogP contribution is -1.94. The molecule has 1 nitrogen and oxygen atoms in total. The molecule has 0 atom stereocenters. The van der Waals surface area contributed by atoms with E-state index in [1.807, 2.05) is 0 Å². The minimum absolute atomic E-state index is 0.898. The molecule has 12 rings (SSSR count). The predicted octanol–water partition coefficient (Wildman–Crippen LogP) is 15.5. The smallest absolute Gasteiger partial charge is 0.136 e. The maximum absolute atomic E-state index is 6.64. The van der Waals surface area contributed by atoms with Crippen molar-refractivity contribution < 1.29 is 4.42 Å². The Hall–Kier alpha value is -7.22. The lowest BCUT2D eigenvalue weighted by molar-refractivity contribution is 0.669. The molecular weight excluding hydrogens is 665 g/mol. The van der Waals surface area contributed by atoms with Crippen LogP contribution in [-0.4, -0.2) is 0 Å². The number of hydrogen-bond acceptors (Lipinski definition) is 1. The largest absolute Gasteiger partial charge is 0.456 e. The van der Waals surface area contributed by atoms with Crippen molar-refractivity contribution >= 4 is 75.8 Å². The Morgan fingerprint density at radius 2 is 0.800 bits per heavy atom. The Balaban J connectivity index is 1.14. The molecule has 254 valence electrons. The molecule has 0 bridgehead atoms. The summed E-state index contributed by atoms with van der Waals surface area (Å²) >= 11 is 0. The van der Waals surface area contributed by atoms with Gasteiger partial charge >= 0.3 is 0 Å². The first-order chi connectivity index (χ1) is 27.3. The van der Waals surface area contributed by atoms with Crippen LogP contribution in [0.2, 0.25) is 0 Å². The average molecular weight is 697 g/mol. The summed E-state index contributed by atoms with van der Waals surface area (Å²) in [5, 5.41) is 15.0. The quantitative estimate of drug-likeness (QED) is 0.132. The fraction of sp³-hybridized carbons (Fsp3) is 0. The molecule has 1 heterocycles. The number of furan rings is 1. The van der Waals surface area contributed by atoms with Crippen molar-refractivity contribution in [3.8, 4) is 44.5 Å². The normalized spacial score (nSPS) is 12.0. The van der Waals surface area contributed by atoms with Gasteiger partial charge in [-0.25, -0.2) is 0 Å². The van der Waals surface area contributed by atoms with E-state index in [-0.39, 0.29) is 0 Å². The summed E-state index contributed by atoms with van der Waals surface area (Å²) in [5.41, 5.74) is 11.5. The molecule has 0 saturated heterocycles. The summed E-state index contributed by atoms with van der Waals surface area (Å²) in [6.07, 6.45) is 0. The van der Waals surface area contributed by atoms with E-state index in [1.165, 1.54) is 92.8 Å². The topological polar surface area (TPSA) is 13.1 Å². The second-order valence-corrected chi connectivity index (χ2v) is 14.7. The predicted molar refractivity (Wildman–Crippen MR) is 234 cm³/mol. The Bertz CT molecular complexity index is 3400. The molecule has 0 aliphatic rings. The maximum Gasteiger partial charge on any atom is 0.136 e. The van der Waals surface area contributed by atoms with E-state index in [0.717, 1.165) is 27.5 Å². The third-order valence-electron chi connectivity index (χ3n) is 11.8. The first-order valence-electron chi connectivity index (χ1n) is 19.0. The van der Waals surface area contributed by atoms with Crippen LogP contribution in [0.15, 0.2) is 199 Å². The first-order valence-corrected chi connectivity index (χ1v) is 19.0. The van der Waals surface area contributed by atoms with Crippen molar-refractivity contribution in [2.75, 3.05) is 0 Å². The fourth-order valence-corrected chi connectivity index (χ4v) is 9.46. The van der Waals surface area contributed by atoms with Gasteiger partial charge in [0.2, 0.25) is 0 Å². The molecule has 0 N–H and O–H groups in total. The molecule has 0 aliphatic carbocycles. The molecule has 0 spiro atoms. The van der Waals surface area contributed by atoms with E-state index < -0.39 is 0 Å². The zero-order valence-electron chi connectivity index (χ0n) is 29.9. The maximum atomic E-state index is 6.64. The van der Waals surface area contributed by atoms with Crippen molar-refractivity contribution in [1.82, 2.24) is 0 Å². The number of hydrogen-bond donors (Lipinski definition) is 0. The summed E-state index contributed by atoms with van der Waals surface area (Å²) in [7, 11) is 0. The van der Waals surface area contributed by atoms with Gasteiger partial charge in [-0.1, -0.05) is 176 Å². The van der Waals surface area contributed by atoms with E-state index in [0.29, 0.717) is 0 Å². The summed E-state index contributed by atoms with van der Waals surface area (Å²) < 4.78 is 6.64. The zero-order chi connectivity index (χ0) is 36.0. The van der Waals surface area contributed by atoms with Gasteiger partial charge in [0, 0.05) is 10.8 Å². The fourth-order valence-electron chi connectivity index (χ4n) is 9.46. The second kappa shape index (κ2) is 11.6. The SMILES string of the molecule is c1ccc(-c2ccc3c(c2)oc2cccc(-c4c5ccccc5c(-c5ccccc5-c5ccc6ccc7cccc8ccc5c6c78)c5ccccc45)c23)cc1. The van der Waals surface area contributed by atoms with Gasteiger partial charge in [-0.3, -0.25) is 0 Å². The lowest BCUT2D eigenvalue weighted by atomic mass is 9.82. The number of fused-ring (bicyclic) bond motifs is 5. The van der Waals surface area contributed by atoms with Crippen molar-refractivity contribution in [3.05, 3.63) is 194 Å². The minimum atomic E-state index is 0.898. The van der Waals surface area contributed by atoms with Crippen LogP contribution >= 0.6 is 0 Å². The van der Waals surface area contributed by atoms with Crippen molar-refractivity contribution in [2.24, 2.45) is 0 Å². The standard InChI is InChI=1S/C54H32O/c1-2-12-33(13-3-1)37-28-31-46-49(32-37)55-48-23-11-22-47(54(46)48)53-43-20-8-6-18-41(43)52(42-19-7-9-21-44(42)53)40-17-5-4-16-38(40)39-29-26-36-25-24-34-14-10-15-35-27-30-45(39)51(36)50(34)35/h1-32H. The highest BCUT2D eigenvalue weighted by Crippen LogP contribution is 2.49. The molecule has 0 amide bonds. The van der Waals surface area contributed by atoms with Crippen LogP contribution in [0.4, 0.5) is 0 Å². The van der Waals surface area contributed by atoms with E-state index in [1.54, 1.807) is 0 Å². The highest BCUT2D eigenvalue weighted by molar-refractivity contribution is 6.28. The third-order valence-corrected chi connectivity index (χ3v) is 11.8. The van der Waals surface area contributed by atoms with Gasteiger partial charge in [-0.2, -0.15) is 0 Å². The molecular formula is C54H32O. The third kappa shape index (κ3) is 4.41. The van der Waals surface area contributed by atoms with Crippen molar-refractivity contribution in [3.63, 3.8) is 0 Å². The second-order valence-electron chi connectivity index (χ2n) is 14.7. The van der Waals surface area contributed by atoms with Crippen LogP contribution in [0.5, 0.6) is 0 Å². The van der Waals surface area contributed by atoms with Crippen LogP contribution < -0.4 is 0 Å². The van der Waals surface area contributed by atoms with Gasteiger partial charge in [-0.05, 0) is 117 Å². The molecule has 1 aromatic heterocycles. The van der Waals surface area contributed by atoms with Crippen LogP contribution in [0.3, 0.4) is 0 Å². The van der Waals surface area contributed by atoms with Crippen LogP contribution in [-0.2, 0) is 0 Å². The molecule has 0 fully saturated rings. The molecule has 11 aromatic carbocycles. The van der Waals surface area contributed by atoms with E-state index in [9.17, 15) is 0 Å². The van der Waals surface area contributed by atoms with Gasteiger partial charge in [-0.15, -0.1) is 0 Å². The van der Waals surface area contributed by atoms with Gasteiger partial charge in [0.05, 0.1) is 0 Å². The van der Waals surface area contributed by atoms with Gasteiger partial charge in [0.1, 0.15) is 11.2 Å². The highest BCUT2D eigenvalue weighted by atomic mass is 16.3. The highest BCUT2D eigenvalue weighted by Gasteiger charge is 2.22. The average Bonchev–Trinajstić information content (AvgIpc) is 3.63. The molecule has 0 saturated carbocycles. The molecule has 55 heavy (non-hydrogen) atoms. The number of benzene rings is 11. The van der Waals surface area contributed by atoms with Crippen molar-refractivity contribution in [2.45, 2.75) is 0 Å². The van der Waals surface area contributed by atoms with E-state index in [2.05, 4.69) is 194 Å². The molecule has 12 aromatic rings. The summed E-state index contributed by atoms with van der Waals surface area (Å²) in [4.78, 5) is 0. The first kappa shape index (κ1) is 30.3. The van der Waals surface area contributed by atoms with Gasteiger partial charge in [0.25, 0.3) is 0 Å². The van der Waals surface area contributed by atoms with Crippen LogP contribution in [0.25, 0.3) is 120 Å². The van der Waals surface area contributed by atoms with Crippen LogP contribution in [0.1, 0.15) is 0 Å². The molecule has 0 radical (unpaired) electrons. The molecule has 0 unspecified atom stereocenters. The monoisotopic (exact) mass is 696 g/mol. The Labute approximate surface area is 317 Å². The van der Waals surface area contributed by atoms with Crippen molar-refractivity contribution in [1.29, 1.82) is 0 Å². The van der Waals surface area contributed by atoms with Gasteiger partial charge in [0.15, 0.2) is 0 Å². The summed E-state index contributed by atoms with van der Waals surface area (Å²) in [6.45, 7) is 0. The van der Waals surface area contributed by atoms with E-state index in [4.69, 9.17) is 4.42 Å². The summed E-state index contributed by atoms with van der Waals surface area (Å²) in [6, 6.07) is 71.0. The van der Waals surface area contributed by atoms with Crippen LogP contribution in [0, 0.1) is 0 Å². The minimum Gasteiger partial charge on any atom is -0.456 e. The zero-order valence-corrected chi connectivity index (χ0v) is 29.9. The molecule has 1 heteroatoms. The Morgan fingerprint density at radius 3 is 1.53 bits per heavy atom. The Morgan fingerprint density at radius 1 is 0.255 bits per heavy atom. The Kier molecular flexibility index (Phi) is 6.40. The number of rotatable bonds is 4. The van der Waals surface area contributed by atoms with Gasteiger partial charge < -0.3 is 4.42 Å². The van der Waals surface area contributed by atoms with E-state index >= 15 is 0 Å². The molecule has 0 aliphatic heterocycles. The lowest BCUT2D eigenvalue weighted by Gasteiger charge is -2.21.